The Morgan fingerprint density at radius 1 is 1.14 bits per heavy atom. The van der Waals surface area contributed by atoms with Gasteiger partial charge in [-0.15, -0.1) is 0 Å². The lowest BCUT2D eigenvalue weighted by atomic mass is 10.3. The van der Waals surface area contributed by atoms with E-state index in [1.807, 2.05) is 18.2 Å². The number of nitrogens with one attached hydrogen (secondary N) is 1. The Labute approximate surface area is 137 Å². The first-order chi connectivity index (χ1) is 10.4. The summed E-state index contributed by atoms with van der Waals surface area (Å²) in [6.45, 7) is 0. The Hall–Kier alpha value is -1.76. The van der Waals surface area contributed by atoms with Crippen LogP contribution in [-0.2, 0) is 17.1 Å². The van der Waals surface area contributed by atoms with Crippen LogP contribution in [0.4, 0.5) is 5.95 Å². The van der Waals surface area contributed by atoms with E-state index in [0.717, 1.165) is 5.52 Å². The highest BCUT2D eigenvalue weighted by atomic mass is 35.5. The molecule has 0 saturated carbocycles. The van der Waals surface area contributed by atoms with Crippen molar-refractivity contribution in [3.8, 4) is 0 Å². The van der Waals surface area contributed by atoms with Crippen LogP contribution in [0.5, 0.6) is 0 Å². The van der Waals surface area contributed by atoms with Gasteiger partial charge in [0.15, 0.2) is 0 Å². The molecule has 114 valence electrons. The second-order valence-corrected chi connectivity index (χ2v) is 7.16. The molecule has 0 aliphatic rings. The van der Waals surface area contributed by atoms with Crippen LogP contribution in [0.2, 0.25) is 10.0 Å². The molecule has 5 nitrogen and oxygen atoms in total. The number of fused-ring (bicyclic) bond motifs is 1. The number of imidazole rings is 1. The highest BCUT2D eigenvalue weighted by molar-refractivity contribution is 7.92. The fourth-order valence-corrected chi connectivity index (χ4v) is 3.89. The van der Waals surface area contributed by atoms with Crippen LogP contribution in [0.1, 0.15) is 0 Å². The monoisotopic (exact) mass is 355 g/mol. The highest BCUT2D eigenvalue weighted by Crippen LogP contribution is 2.27. The number of hydrogen-bond acceptors (Lipinski definition) is 3. The van der Waals surface area contributed by atoms with Crippen molar-refractivity contribution >= 4 is 50.2 Å². The van der Waals surface area contributed by atoms with Crippen molar-refractivity contribution in [2.75, 3.05) is 4.72 Å². The van der Waals surface area contributed by atoms with Crippen LogP contribution < -0.4 is 4.72 Å². The molecule has 0 saturated heterocycles. The van der Waals surface area contributed by atoms with E-state index >= 15 is 0 Å². The number of rotatable bonds is 3. The zero-order valence-corrected chi connectivity index (χ0v) is 13.7. The SMILES string of the molecule is Cn1c(NS(=O)(=O)c2cc(Cl)ccc2Cl)nc2ccccc21. The quantitative estimate of drug-likeness (QED) is 0.779. The molecule has 0 bridgehead atoms. The van der Waals surface area contributed by atoms with Crippen molar-refractivity contribution in [2.24, 2.45) is 7.05 Å². The van der Waals surface area contributed by atoms with Gasteiger partial charge in [0.2, 0.25) is 5.95 Å². The standard InChI is InChI=1S/C14H11Cl2N3O2S/c1-19-12-5-3-2-4-11(12)17-14(19)18-22(20,21)13-8-9(15)6-7-10(13)16/h2-8H,1H3,(H,17,18). The maximum Gasteiger partial charge on any atom is 0.265 e. The fourth-order valence-electron chi connectivity index (χ4n) is 2.10. The number of aromatic nitrogens is 2. The van der Waals surface area contributed by atoms with Crippen molar-refractivity contribution in [2.45, 2.75) is 4.90 Å². The third-order valence-corrected chi connectivity index (χ3v) is 5.24. The van der Waals surface area contributed by atoms with Crippen molar-refractivity contribution in [1.29, 1.82) is 0 Å². The lowest BCUT2D eigenvalue weighted by Gasteiger charge is -2.09. The lowest BCUT2D eigenvalue weighted by Crippen LogP contribution is -2.16. The van der Waals surface area contributed by atoms with Gasteiger partial charge in [0, 0.05) is 12.1 Å². The smallest absolute Gasteiger partial charge is 0.265 e. The number of halogens is 2. The van der Waals surface area contributed by atoms with Gasteiger partial charge in [0.05, 0.1) is 16.1 Å². The number of para-hydroxylation sites is 2. The van der Waals surface area contributed by atoms with E-state index < -0.39 is 10.0 Å². The zero-order valence-electron chi connectivity index (χ0n) is 11.4. The number of benzene rings is 2. The minimum Gasteiger partial charge on any atom is -0.313 e. The van der Waals surface area contributed by atoms with Crippen molar-refractivity contribution in [3.63, 3.8) is 0 Å². The first-order valence-corrected chi connectivity index (χ1v) is 8.52. The molecule has 0 atom stereocenters. The molecule has 22 heavy (non-hydrogen) atoms. The van der Waals surface area contributed by atoms with E-state index in [4.69, 9.17) is 23.2 Å². The normalized spacial score (nSPS) is 11.8. The zero-order chi connectivity index (χ0) is 15.9. The number of aryl methyl sites for hydroxylation is 1. The summed E-state index contributed by atoms with van der Waals surface area (Å²) >= 11 is 11.8. The molecule has 1 heterocycles. The molecule has 0 spiro atoms. The number of nitrogens with zero attached hydrogens (tertiary/aromatic N) is 2. The van der Waals surface area contributed by atoms with Crippen LogP contribution in [0.25, 0.3) is 11.0 Å². The Bertz CT molecular complexity index is 967. The molecule has 0 fully saturated rings. The summed E-state index contributed by atoms with van der Waals surface area (Å²) in [5.74, 6) is 0.206. The average molecular weight is 356 g/mol. The van der Waals surface area contributed by atoms with Gasteiger partial charge in [-0.25, -0.2) is 18.1 Å². The van der Waals surface area contributed by atoms with Gasteiger partial charge in [-0.3, -0.25) is 0 Å². The van der Waals surface area contributed by atoms with E-state index in [0.29, 0.717) is 5.52 Å². The van der Waals surface area contributed by atoms with Crippen molar-refractivity contribution in [3.05, 3.63) is 52.5 Å². The second-order valence-electron chi connectivity index (χ2n) is 4.66. The fraction of sp³-hybridized carbons (Fsp3) is 0.0714. The second kappa shape index (κ2) is 5.46. The Balaban J connectivity index is 2.07. The molecule has 2 aromatic carbocycles. The van der Waals surface area contributed by atoms with Gasteiger partial charge in [0.25, 0.3) is 10.0 Å². The van der Waals surface area contributed by atoms with E-state index in [1.165, 1.54) is 18.2 Å². The average Bonchev–Trinajstić information content (AvgIpc) is 2.78. The molecule has 3 aromatic rings. The van der Waals surface area contributed by atoms with Crippen LogP contribution in [0, 0.1) is 0 Å². The first kappa shape index (κ1) is 15.1. The van der Waals surface area contributed by atoms with Crippen LogP contribution in [0.3, 0.4) is 0 Å². The third-order valence-electron chi connectivity index (χ3n) is 3.20. The largest absolute Gasteiger partial charge is 0.313 e. The minimum atomic E-state index is -3.89. The number of anilines is 1. The molecule has 0 aliphatic carbocycles. The predicted molar refractivity (Wildman–Crippen MR) is 88.0 cm³/mol. The summed E-state index contributed by atoms with van der Waals surface area (Å²) in [5.41, 5.74) is 1.51. The highest BCUT2D eigenvalue weighted by Gasteiger charge is 2.21. The van der Waals surface area contributed by atoms with Gasteiger partial charge in [-0.1, -0.05) is 35.3 Å². The van der Waals surface area contributed by atoms with E-state index in [1.54, 1.807) is 17.7 Å². The topological polar surface area (TPSA) is 64.0 Å². The summed E-state index contributed by atoms with van der Waals surface area (Å²) in [6.07, 6.45) is 0. The predicted octanol–water partition coefficient (Wildman–Crippen LogP) is 3.68. The molecule has 8 heteroatoms. The maximum absolute atomic E-state index is 12.5. The summed E-state index contributed by atoms with van der Waals surface area (Å²) in [6, 6.07) is 11.6. The van der Waals surface area contributed by atoms with Crippen LogP contribution in [0.15, 0.2) is 47.4 Å². The molecular weight excluding hydrogens is 345 g/mol. The van der Waals surface area contributed by atoms with Gasteiger partial charge >= 0.3 is 0 Å². The van der Waals surface area contributed by atoms with Gasteiger partial charge in [-0.05, 0) is 30.3 Å². The Morgan fingerprint density at radius 3 is 2.59 bits per heavy atom. The van der Waals surface area contributed by atoms with Crippen LogP contribution >= 0.6 is 23.2 Å². The molecule has 0 unspecified atom stereocenters. The summed E-state index contributed by atoms with van der Waals surface area (Å²) in [4.78, 5) is 4.18. The molecule has 1 aromatic heterocycles. The molecule has 0 radical (unpaired) electrons. The maximum atomic E-state index is 12.5. The third kappa shape index (κ3) is 2.65. The van der Waals surface area contributed by atoms with Gasteiger partial charge in [-0.2, -0.15) is 0 Å². The Kier molecular flexibility index (Phi) is 3.76. The number of sulfonamides is 1. The first-order valence-electron chi connectivity index (χ1n) is 6.28. The lowest BCUT2D eigenvalue weighted by molar-refractivity contribution is 0.600. The van der Waals surface area contributed by atoms with E-state index in [-0.39, 0.29) is 20.9 Å². The molecule has 0 aliphatic heterocycles. The van der Waals surface area contributed by atoms with E-state index in [2.05, 4.69) is 9.71 Å². The van der Waals surface area contributed by atoms with Crippen molar-refractivity contribution in [1.82, 2.24) is 9.55 Å². The van der Waals surface area contributed by atoms with Gasteiger partial charge in [0.1, 0.15) is 4.90 Å². The minimum absolute atomic E-state index is 0.0891. The summed E-state index contributed by atoms with van der Waals surface area (Å²) in [5, 5.41) is 0.380. The molecule has 0 amide bonds. The number of hydrogen-bond donors (Lipinski definition) is 1. The van der Waals surface area contributed by atoms with E-state index in [9.17, 15) is 8.42 Å². The molecular formula is C14H11Cl2N3O2S. The molecule has 1 N–H and O–H groups in total. The van der Waals surface area contributed by atoms with Crippen molar-refractivity contribution < 1.29 is 8.42 Å². The summed E-state index contributed by atoms with van der Waals surface area (Å²) < 4.78 is 29.1. The van der Waals surface area contributed by atoms with Gasteiger partial charge < -0.3 is 4.57 Å². The summed E-state index contributed by atoms with van der Waals surface area (Å²) in [7, 11) is -2.16. The Morgan fingerprint density at radius 2 is 1.86 bits per heavy atom. The van der Waals surface area contributed by atoms with Crippen LogP contribution in [-0.4, -0.2) is 18.0 Å². The molecule has 3 rings (SSSR count).